The summed E-state index contributed by atoms with van der Waals surface area (Å²) in [6, 6.07) is 0. The van der Waals surface area contributed by atoms with Gasteiger partial charge in [-0.2, -0.15) is 0 Å². The second kappa shape index (κ2) is 32.9. The number of esters is 3. The van der Waals surface area contributed by atoms with Gasteiger partial charge in [-0.3, -0.25) is 9.59 Å². The molecule has 0 aromatic rings. The number of carbonyl (C=O) groups is 3. The first-order valence-electron chi connectivity index (χ1n) is 20.1. The molecular weight excluding hydrogens is 592 g/mol. The molecule has 7 heteroatoms. The van der Waals surface area contributed by atoms with Gasteiger partial charge in [0, 0.05) is 0 Å². The van der Waals surface area contributed by atoms with E-state index < -0.39 is 35.8 Å². The SMILES string of the molecule is CCCCCCCCCCCCCCCCC(C(=O)OCCCCCC)C(O)(CC(=O)OCCCCCC)C(=O)OCCCCCC. The van der Waals surface area contributed by atoms with E-state index in [0.29, 0.717) is 12.8 Å². The number of ether oxygens (including phenoxy) is 3. The molecular formula is C40H76O7. The number of rotatable bonds is 35. The van der Waals surface area contributed by atoms with Crippen LogP contribution in [0, 0.1) is 5.92 Å². The smallest absolute Gasteiger partial charge is 0.339 e. The van der Waals surface area contributed by atoms with Crippen LogP contribution in [0.1, 0.15) is 207 Å². The van der Waals surface area contributed by atoms with Crippen molar-refractivity contribution in [1.29, 1.82) is 0 Å². The molecule has 0 aliphatic carbocycles. The Hall–Kier alpha value is -1.63. The maximum Gasteiger partial charge on any atom is 0.339 e. The van der Waals surface area contributed by atoms with Gasteiger partial charge >= 0.3 is 17.9 Å². The Morgan fingerprint density at radius 2 is 0.809 bits per heavy atom. The molecule has 0 aliphatic heterocycles. The second-order valence-corrected chi connectivity index (χ2v) is 13.7. The quantitative estimate of drug-likeness (QED) is 0.0407. The highest BCUT2D eigenvalue weighted by Gasteiger charge is 2.51. The van der Waals surface area contributed by atoms with Crippen molar-refractivity contribution in [3.63, 3.8) is 0 Å². The summed E-state index contributed by atoms with van der Waals surface area (Å²) in [7, 11) is 0. The minimum Gasteiger partial charge on any atom is -0.466 e. The molecule has 47 heavy (non-hydrogen) atoms. The molecule has 2 atom stereocenters. The fraction of sp³-hybridized carbons (Fsp3) is 0.925. The average molecular weight is 669 g/mol. The van der Waals surface area contributed by atoms with Crippen LogP contribution in [-0.2, 0) is 28.6 Å². The summed E-state index contributed by atoms with van der Waals surface area (Å²) in [6.45, 7) is 9.20. The van der Waals surface area contributed by atoms with E-state index in [2.05, 4.69) is 27.7 Å². The summed E-state index contributed by atoms with van der Waals surface area (Å²) >= 11 is 0. The van der Waals surface area contributed by atoms with Crippen LogP contribution in [0.25, 0.3) is 0 Å². The molecule has 0 saturated heterocycles. The van der Waals surface area contributed by atoms with Gasteiger partial charge in [-0.1, -0.05) is 175 Å². The molecule has 0 rings (SSSR count). The summed E-state index contributed by atoms with van der Waals surface area (Å²) in [5, 5.41) is 11.9. The third kappa shape index (κ3) is 25.1. The first kappa shape index (κ1) is 45.4. The van der Waals surface area contributed by atoms with Crippen LogP contribution in [0.3, 0.4) is 0 Å². The molecule has 0 spiro atoms. The lowest BCUT2D eigenvalue weighted by Gasteiger charge is -2.32. The van der Waals surface area contributed by atoms with Crippen LogP contribution in [-0.4, -0.2) is 48.4 Å². The van der Waals surface area contributed by atoms with Gasteiger partial charge in [0.2, 0.25) is 0 Å². The summed E-state index contributed by atoms with van der Waals surface area (Å²) in [5.41, 5.74) is -2.32. The maximum atomic E-state index is 13.5. The highest BCUT2D eigenvalue weighted by molar-refractivity contribution is 5.91. The average Bonchev–Trinajstić information content (AvgIpc) is 3.06. The molecule has 0 saturated carbocycles. The Labute approximate surface area is 290 Å². The topological polar surface area (TPSA) is 99.1 Å². The summed E-state index contributed by atoms with van der Waals surface area (Å²) in [6.07, 6.45) is 27.8. The van der Waals surface area contributed by atoms with Gasteiger partial charge in [0.1, 0.15) is 0 Å². The standard InChI is InChI=1S/C40H76O7/c1-5-9-13-17-18-19-20-21-22-23-24-25-26-27-31-36(38(42)46-33-29-15-11-7-3)40(44,39(43)47-34-30-16-12-8-4)35-37(41)45-32-28-14-10-6-2/h36,44H,5-35H2,1-4H3. The first-order valence-corrected chi connectivity index (χ1v) is 20.1. The molecule has 0 aromatic heterocycles. The van der Waals surface area contributed by atoms with Crippen molar-refractivity contribution < 1.29 is 33.7 Å². The third-order valence-corrected chi connectivity index (χ3v) is 9.21. The number of unbranched alkanes of at least 4 members (excludes halogenated alkanes) is 22. The molecule has 0 fully saturated rings. The third-order valence-electron chi connectivity index (χ3n) is 9.21. The lowest BCUT2D eigenvalue weighted by Crippen LogP contribution is -2.52. The summed E-state index contributed by atoms with van der Waals surface area (Å²) in [5.74, 6) is -3.41. The second-order valence-electron chi connectivity index (χ2n) is 13.7. The molecule has 0 amide bonds. The van der Waals surface area contributed by atoms with Gasteiger partial charge in [-0.05, 0) is 25.7 Å². The Bertz CT molecular complexity index is 740. The Morgan fingerprint density at radius 1 is 0.468 bits per heavy atom. The normalized spacial score (nSPS) is 13.2. The van der Waals surface area contributed by atoms with Crippen LogP contribution in [0.15, 0.2) is 0 Å². The summed E-state index contributed by atoms with van der Waals surface area (Å²) < 4.78 is 16.6. The number of aliphatic hydroxyl groups is 1. The minimum atomic E-state index is -2.32. The Kier molecular flexibility index (Phi) is 31.8. The molecule has 0 aliphatic rings. The van der Waals surface area contributed by atoms with Crippen LogP contribution < -0.4 is 0 Å². The number of hydrogen-bond donors (Lipinski definition) is 1. The van der Waals surface area contributed by atoms with E-state index in [1.165, 1.54) is 64.2 Å². The zero-order valence-corrected chi connectivity index (χ0v) is 31.4. The van der Waals surface area contributed by atoms with Gasteiger partial charge < -0.3 is 19.3 Å². The van der Waals surface area contributed by atoms with Crippen molar-refractivity contribution in [3.05, 3.63) is 0 Å². The molecule has 0 radical (unpaired) electrons. The van der Waals surface area contributed by atoms with Crippen molar-refractivity contribution in [2.75, 3.05) is 19.8 Å². The first-order chi connectivity index (χ1) is 22.9. The molecule has 2 unspecified atom stereocenters. The predicted octanol–water partition coefficient (Wildman–Crippen LogP) is 11.0. The lowest BCUT2D eigenvalue weighted by atomic mass is 9.80. The van der Waals surface area contributed by atoms with Crippen molar-refractivity contribution in [2.24, 2.45) is 5.92 Å². The zero-order valence-electron chi connectivity index (χ0n) is 31.4. The lowest BCUT2D eigenvalue weighted by molar-refractivity contribution is -0.187. The van der Waals surface area contributed by atoms with Gasteiger partial charge in [0.25, 0.3) is 0 Å². The van der Waals surface area contributed by atoms with Crippen LogP contribution in [0.5, 0.6) is 0 Å². The molecule has 278 valence electrons. The highest BCUT2D eigenvalue weighted by Crippen LogP contribution is 2.31. The van der Waals surface area contributed by atoms with E-state index >= 15 is 0 Å². The van der Waals surface area contributed by atoms with Crippen LogP contribution in [0.2, 0.25) is 0 Å². The van der Waals surface area contributed by atoms with E-state index in [9.17, 15) is 19.5 Å². The van der Waals surface area contributed by atoms with Crippen LogP contribution >= 0.6 is 0 Å². The molecule has 7 nitrogen and oxygen atoms in total. The van der Waals surface area contributed by atoms with Gasteiger partial charge in [0.05, 0.1) is 32.2 Å². The Balaban J connectivity index is 5.23. The summed E-state index contributed by atoms with van der Waals surface area (Å²) in [4.78, 5) is 39.9. The van der Waals surface area contributed by atoms with Gasteiger partial charge in [-0.15, -0.1) is 0 Å². The fourth-order valence-electron chi connectivity index (χ4n) is 6.04. The predicted molar refractivity (Wildman–Crippen MR) is 193 cm³/mol. The molecule has 0 heterocycles. The van der Waals surface area contributed by atoms with Gasteiger partial charge in [0.15, 0.2) is 5.60 Å². The monoisotopic (exact) mass is 669 g/mol. The molecule has 1 N–H and O–H groups in total. The van der Waals surface area contributed by atoms with E-state index in [0.717, 1.165) is 89.9 Å². The van der Waals surface area contributed by atoms with E-state index in [1.54, 1.807) is 0 Å². The largest absolute Gasteiger partial charge is 0.466 e. The van der Waals surface area contributed by atoms with Crippen LogP contribution in [0.4, 0.5) is 0 Å². The fourth-order valence-corrected chi connectivity index (χ4v) is 6.04. The maximum absolute atomic E-state index is 13.5. The van der Waals surface area contributed by atoms with E-state index in [-0.39, 0.29) is 26.2 Å². The zero-order chi connectivity index (χ0) is 34.9. The molecule has 0 bridgehead atoms. The molecule has 0 aromatic carbocycles. The van der Waals surface area contributed by atoms with E-state index in [4.69, 9.17) is 14.2 Å². The Morgan fingerprint density at radius 3 is 1.23 bits per heavy atom. The van der Waals surface area contributed by atoms with Crippen molar-refractivity contribution in [3.8, 4) is 0 Å². The number of hydrogen-bond acceptors (Lipinski definition) is 7. The van der Waals surface area contributed by atoms with Crippen molar-refractivity contribution in [2.45, 2.75) is 213 Å². The van der Waals surface area contributed by atoms with Crippen molar-refractivity contribution in [1.82, 2.24) is 0 Å². The van der Waals surface area contributed by atoms with Crippen molar-refractivity contribution >= 4 is 17.9 Å². The highest BCUT2D eigenvalue weighted by atomic mass is 16.6. The van der Waals surface area contributed by atoms with Gasteiger partial charge in [-0.25, -0.2) is 4.79 Å². The minimum absolute atomic E-state index is 0.144. The van der Waals surface area contributed by atoms with E-state index in [1.807, 2.05) is 0 Å². The number of carbonyl (C=O) groups excluding carboxylic acids is 3.